The Bertz CT molecular complexity index is 1350. The second-order valence-corrected chi connectivity index (χ2v) is 8.39. The van der Waals surface area contributed by atoms with Crippen LogP contribution in [0.2, 0.25) is 0 Å². The fraction of sp³-hybridized carbons (Fsp3) is 0.120. The Labute approximate surface area is 193 Å². The van der Waals surface area contributed by atoms with Crippen LogP contribution in [-0.4, -0.2) is 38.9 Å². The highest BCUT2D eigenvalue weighted by Crippen LogP contribution is 2.28. The standard InChI is InChI=1S/C25H20N2O5S/c1-14(28)22(10-15-2-5-18(29)6-3-15)27-24(30)23-12-20(25(31)32)19-11-16(4-7-21(19)26-23)17-8-9-33-13-17/h2-9,11-13,22,29H,10H2,1H3,(H,27,30)(H,31,32). The molecule has 0 aliphatic heterocycles. The maximum absolute atomic E-state index is 12.9. The van der Waals surface area contributed by atoms with Crippen molar-refractivity contribution in [3.8, 4) is 16.9 Å². The van der Waals surface area contributed by atoms with Gasteiger partial charge in [-0.3, -0.25) is 9.59 Å². The number of rotatable bonds is 7. The van der Waals surface area contributed by atoms with Gasteiger partial charge in [0.15, 0.2) is 5.78 Å². The summed E-state index contributed by atoms with van der Waals surface area (Å²) in [6.07, 6.45) is 0.227. The molecule has 1 atom stereocenters. The largest absolute Gasteiger partial charge is 0.508 e. The lowest BCUT2D eigenvalue weighted by molar-refractivity contribution is -0.118. The molecule has 0 bridgehead atoms. The highest BCUT2D eigenvalue weighted by atomic mass is 32.1. The summed E-state index contributed by atoms with van der Waals surface area (Å²) in [5.41, 5.74) is 2.83. The molecule has 2 heterocycles. The van der Waals surface area contributed by atoms with Crippen LogP contribution in [0.15, 0.2) is 65.4 Å². The summed E-state index contributed by atoms with van der Waals surface area (Å²) in [6.45, 7) is 1.37. The van der Waals surface area contributed by atoms with Crippen LogP contribution in [0.5, 0.6) is 5.75 Å². The number of pyridine rings is 1. The molecule has 1 amide bonds. The number of aromatic carboxylic acids is 1. The summed E-state index contributed by atoms with van der Waals surface area (Å²) in [6, 6.07) is 13.9. The molecule has 1 unspecified atom stereocenters. The summed E-state index contributed by atoms with van der Waals surface area (Å²) in [4.78, 5) is 41.4. The number of carboxylic acid groups (broad SMARTS) is 1. The van der Waals surface area contributed by atoms with Gasteiger partial charge in [0.05, 0.1) is 17.1 Å². The van der Waals surface area contributed by atoms with Crippen molar-refractivity contribution in [1.29, 1.82) is 0 Å². The molecule has 0 radical (unpaired) electrons. The van der Waals surface area contributed by atoms with E-state index in [0.29, 0.717) is 10.9 Å². The molecule has 2 aromatic heterocycles. The molecular weight excluding hydrogens is 440 g/mol. The van der Waals surface area contributed by atoms with E-state index in [1.165, 1.54) is 25.1 Å². The molecule has 2 aromatic carbocycles. The Balaban J connectivity index is 1.65. The van der Waals surface area contributed by atoms with Gasteiger partial charge in [-0.1, -0.05) is 18.2 Å². The topological polar surface area (TPSA) is 117 Å². The van der Waals surface area contributed by atoms with Crippen molar-refractivity contribution in [3.63, 3.8) is 0 Å². The first-order valence-electron chi connectivity index (χ1n) is 10.1. The van der Waals surface area contributed by atoms with Crippen LogP contribution in [0.25, 0.3) is 22.0 Å². The van der Waals surface area contributed by atoms with E-state index in [9.17, 15) is 24.6 Å². The SMILES string of the molecule is CC(=O)C(Cc1ccc(O)cc1)NC(=O)c1cc(C(=O)O)c2cc(-c3ccsc3)ccc2n1. The highest BCUT2D eigenvalue weighted by molar-refractivity contribution is 7.08. The Morgan fingerprint density at radius 2 is 1.79 bits per heavy atom. The molecule has 4 aromatic rings. The molecule has 0 spiro atoms. The van der Waals surface area contributed by atoms with E-state index in [0.717, 1.165) is 16.7 Å². The molecule has 0 saturated heterocycles. The van der Waals surface area contributed by atoms with E-state index >= 15 is 0 Å². The van der Waals surface area contributed by atoms with E-state index < -0.39 is 17.9 Å². The maximum atomic E-state index is 12.9. The van der Waals surface area contributed by atoms with Crippen LogP contribution in [0, 0.1) is 0 Å². The monoisotopic (exact) mass is 460 g/mol. The molecular formula is C25H20N2O5S. The number of nitrogens with zero attached hydrogens (tertiary/aromatic N) is 1. The molecule has 0 fully saturated rings. The number of phenolic OH excluding ortho intramolecular Hbond substituents is 1. The van der Waals surface area contributed by atoms with E-state index in [4.69, 9.17) is 0 Å². The minimum Gasteiger partial charge on any atom is -0.508 e. The smallest absolute Gasteiger partial charge is 0.336 e. The first kappa shape index (κ1) is 22.2. The zero-order chi connectivity index (χ0) is 23.5. The van der Waals surface area contributed by atoms with Gasteiger partial charge in [0.25, 0.3) is 5.91 Å². The van der Waals surface area contributed by atoms with Crippen LogP contribution in [0.4, 0.5) is 0 Å². The van der Waals surface area contributed by atoms with Crippen LogP contribution in [0.3, 0.4) is 0 Å². The minimum absolute atomic E-state index is 0.0415. The number of aromatic nitrogens is 1. The van der Waals surface area contributed by atoms with Gasteiger partial charge in [-0.2, -0.15) is 11.3 Å². The molecule has 0 saturated carbocycles. The third-order valence-corrected chi connectivity index (χ3v) is 5.98. The number of fused-ring (bicyclic) bond motifs is 1. The summed E-state index contributed by atoms with van der Waals surface area (Å²) < 4.78 is 0. The van der Waals surface area contributed by atoms with Gasteiger partial charge in [0.1, 0.15) is 11.4 Å². The Kier molecular flexibility index (Phi) is 6.19. The van der Waals surface area contributed by atoms with Crippen LogP contribution in [0.1, 0.15) is 33.3 Å². The van der Waals surface area contributed by atoms with Crippen molar-refractivity contribution >= 4 is 39.9 Å². The van der Waals surface area contributed by atoms with E-state index in [-0.39, 0.29) is 29.2 Å². The highest BCUT2D eigenvalue weighted by Gasteiger charge is 2.22. The number of phenols is 1. The molecule has 7 nitrogen and oxygen atoms in total. The number of carboxylic acids is 1. The third kappa shape index (κ3) is 4.91. The zero-order valence-corrected chi connectivity index (χ0v) is 18.4. The quantitative estimate of drug-likeness (QED) is 0.379. The average Bonchev–Trinajstić information content (AvgIpc) is 3.33. The van der Waals surface area contributed by atoms with Crippen molar-refractivity contribution in [2.45, 2.75) is 19.4 Å². The minimum atomic E-state index is -1.17. The van der Waals surface area contributed by atoms with E-state index in [1.54, 1.807) is 35.6 Å². The second kappa shape index (κ2) is 9.22. The maximum Gasteiger partial charge on any atom is 0.336 e. The first-order chi connectivity index (χ1) is 15.8. The number of Topliss-reactive ketones (excluding diaryl/α,β-unsaturated/α-hetero) is 1. The van der Waals surface area contributed by atoms with Gasteiger partial charge < -0.3 is 15.5 Å². The number of aromatic hydroxyl groups is 1. The lowest BCUT2D eigenvalue weighted by atomic mass is 10.0. The summed E-state index contributed by atoms with van der Waals surface area (Å²) in [5, 5.41) is 26.2. The molecule has 166 valence electrons. The van der Waals surface area contributed by atoms with Crippen LogP contribution in [-0.2, 0) is 11.2 Å². The number of nitrogens with one attached hydrogen (secondary N) is 1. The molecule has 3 N–H and O–H groups in total. The normalized spacial score (nSPS) is 11.8. The number of carbonyl (C=O) groups is 3. The number of hydrogen-bond acceptors (Lipinski definition) is 6. The van der Waals surface area contributed by atoms with Crippen LogP contribution >= 0.6 is 11.3 Å². The fourth-order valence-electron chi connectivity index (χ4n) is 3.52. The van der Waals surface area contributed by atoms with Crippen LogP contribution < -0.4 is 5.32 Å². The first-order valence-corrected chi connectivity index (χ1v) is 11.1. The van der Waals surface area contributed by atoms with Crippen molar-refractivity contribution in [2.75, 3.05) is 0 Å². The predicted molar refractivity (Wildman–Crippen MR) is 126 cm³/mol. The number of ketones is 1. The van der Waals surface area contributed by atoms with Gasteiger partial charge in [-0.25, -0.2) is 9.78 Å². The lowest BCUT2D eigenvalue weighted by Gasteiger charge is -2.16. The van der Waals surface area contributed by atoms with Gasteiger partial charge in [0.2, 0.25) is 0 Å². The Morgan fingerprint density at radius 1 is 1.03 bits per heavy atom. The van der Waals surface area contributed by atoms with E-state index in [2.05, 4.69) is 10.3 Å². The van der Waals surface area contributed by atoms with Gasteiger partial charge in [0, 0.05) is 5.39 Å². The average molecular weight is 461 g/mol. The summed E-state index contributed by atoms with van der Waals surface area (Å²) in [7, 11) is 0. The number of thiophene rings is 1. The van der Waals surface area contributed by atoms with Crippen molar-refractivity contribution in [3.05, 3.63) is 82.2 Å². The molecule has 33 heavy (non-hydrogen) atoms. The molecule has 0 aliphatic carbocycles. The fourth-order valence-corrected chi connectivity index (χ4v) is 4.19. The Hall–Kier alpha value is -4.04. The van der Waals surface area contributed by atoms with Crippen molar-refractivity contribution in [2.24, 2.45) is 0 Å². The molecule has 0 aliphatic rings. The van der Waals surface area contributed by atoms with E-state index in [1.807, 2.05) is 22.9 Å². The summed E-state index contributed by atoms with van der Waals surface area (Å²) >= 11 is 1.54. The zero-order valence-electron chi connectivity index (χ0n) is 17.6. The van der Waals surface area contributed by atoms with Gasteiger partial charge in [-0.05, 0) is 77.2 Å². The summed E-state index contributed by atoms with van der Waals surface area (Å²) in [5.74, 6) is -1.96. The van der Waals surface area contributed by atoms with Gasteiger partial charge in [-0.15, -0.1) is 0 Å². The predicted octanol–water partition coefficient (Wildman–Crippen LogP) is 4.30. The third-order valence-electron chi connectivity index (χ3n) is 5.30. The lowest BCUT2D eigenvalue weighted by Crippen LogP contribution is -2.41. The number of amides is 1. The second-order valence-electron chi connectivity index (χ2n) is 7.61. The van der Waals surface area contributed by atoms with Crippen molar-refractivity contribution in [1.82, 2.24) is 10.3 Å². The van der Waals surface area contributed by atoms with Gasteiger partial charge >= 0.3 is 5.97 Å². The Morgan fingerprint density at radius 3 is 2.42 bits per heavy atom. The van der Waals surface area contributed by atoms with Crippen molar-refractivity contribution < 1.29 is 24.6 Å². The molecule has 4 rings (SSSR count). The number of benzene rings is 2. The number of carbonyl (C=O) groups excluding carboxylic acids is 2. The number of hydrogen-bond donors (Lipinski definition) is 3. The molecule has 8 heteroatoms.